The number of nitrogens with two attached hydrogens (primary N) is 1. The molecular weight excluding hydrogens is 238 g/mol. The fraction of sp³-hybridized carbons (Fsp3) is 0.733. The van der Waals surface area contributed by atoms with Crippen LogP contribution in [-0.2, 0) is 17.6 Å². The molecule has 2 N–H and O–H groups in total. The smallest absolute Gasteiger partial charge is 0.131 e. The third-order valence-corrected chi connectivity index (χ3v) is 3.63. The fourth-order valence-corrected chi connectivity index (χ4v) is 2.48. The van der Waals surface area contributed by atoms with Crippen molar-refractivity contribution in [3.8, 4) is 0 Å². The first-order valence-corrected chi connectivity index (χ1v) is 7.38. The molecule has 0 aromatic carbocycles. The van der Waals surface area contributed by atoms with E-state index in [1.165, 1.54) is 12.8 Å². The molecule has 0 spiro atoms. The molecule has 0 saturated carbocycles. The number of hydrogen-bond donors (Lipinski definition) is 1. The van der Waals surface area contributed by atoms with Gasteiger partial charge in [0.1, 0.15) is 5.82 Å². The summed E-state index contributed by atoms with van der Waals surface area (Å²) in [6, 6.07) is 2.23. The van der Waals surface area contributed by atoms with Crippen LogP contribution in [0.5, 0.6) is 0 Å². The molecule has 4 heteroatoms. The van der Waals surface area contributed by atoms with E-state index in [0.717, 1.165) is 49.5 Å². The standard InChI is InChI=1S/C15H25N3O/c1-3-12(16)9-13-8-11(2)17-15(18-13)10-14-6-4-5-7-19-14/h8,12,14H,3-7,9-10,16H2,1-2H3. The Morgan fingerprint density at radius 3 is 2.95 bits per heavy atom. The van der Waals surface area contributed by atoms with E-state index in [0.29, 0.717) is 6.10 Å². The summed E-state index contributed by atoms with van der Waals surface area (Å²) >= 11 is 0. The average molecular weight is 263 g/mol. The van der Waals surface area contributed by atoms with Gasteiger partial charge >= 0.3 is 0 Å². The molecule has 1 aromatic rings. The minimum Gasteiger partial charge on any atom is -0.378 e. The van der Waals surface area contributed by atoms with E-state index in [4.69, 9.17) is 10.5 Å². The first-order valence-electron chi connectivity index (χ1n) is 7.38. The Morgan fingerprint density at radius 1 is 1.42 bits per heavy atom. The van der Waals surface area contributed by atoms with Gasteiger partial charge in [-0.2, -0.15) is 0 Å². The quantitative estimate of drug-likeness (QED) is 0.884. The molecule has 4 nitrogen and oxygen atoms in total. The Bertz CT molecular complexity index is 402. The molecule has 1 aliphatic rings. The zero-order valence-electron chi connectivity index (χ0n) is 12.1. The summed E-state index contributed by atoms with van der Waals surface area (Å²) in [5.41, 5.74) is 8.09. The predicted molar refractivity (Wildman–Crippen MR) is 76.0 cm³/mol. The molecule has 2 atom stereocenters. The Kier molecular flexibility index (Phi) is 5.28. The first-order chi connectivity index (χ1) is 9.17. The van der Waals surface area contributed by atoms with Gasteiger partial charge in [-0.25, -0.2) is 9.97 Å². The van der Waals surface area contributed by atoms with E-state index in [2.05, 4.69) is 16.9 Å². The molecule has 0 bridgehead atoms. The molecule has 2 rings (SSSR count). The van der Waals surface area contributed by atoms with Crippen LogP contribution in [0.2, 0.25) is 0 Å². The maximum absolute atomic E-state index is 6.00. The third kappa shape index (κ3) is 4.55. The van der Waals surface area contributed by atoms with Crippen molar-refractivity contribution in [1.82, 2.24) is 9.97 Å². The van der Waals surface area contributed by atoms with E-state index < -0.39 is 0 Å². The highest BCUT2D eigenvalue weighted by Crippen LogP contribution is 2.16. The largest absolute Gasteiger partial charge is 0.378 e. The van der Waals surface area contributed by atoms with Crippen molar-refractivity contribution < 1.29 is 4.74 Å². The lowest BCUT2D eigenvalue weighted by atomic mass is 10.1. The van der Waals surface area contributed by atoms with Gasteiger partial charge in [-0.1, -0.05) is 6.92 Å². The highest BCUT2D eigenvalue weighted by molar-refractivity contribution is 5.12. The number of rotatable bonds is 5. The minimum absolute atomic E-state index is 0.188. The van der Waals surface area contributed by atoms with Crippen molar-refractivity contribution in [2.24, 2.45) is 5.73 Å². The summed E-state index contributed by atoms with van der Waals surface area (Å²) in [5.74, 6) is 0.908. The Hall–Kier alpha value is -1.00. The summed E-state index contributed by atoms with van der Waals surface area (Å²) < 4.78 is 5.76. The van der Waals surface area contributed by atoms with E-state index in [1.807, 2.05) is 13.0 Å². The zero-order valence-corrected chi connectivity index (χ0v) is 12.1. The van der Waals surface area contributed by atoms with Crippen LogP contribution in [0.4, 0.5) is 0 Å². The Balaban J connectivity index is 2.03. The van der Waals surface area contributed by atoms with Crippen LogP contribution in [0.1, 0.15) is 49.8 Å². The van der Waals surface area contributed by atoms with Crippen LogP contribution >= 0.6 is 0 Å². The SMILES string of the molecule is CCC(N)Cc1cc(C)nc(CC2CCCCO2)n1. The van der Waals surface area contributed by atoms with Gasteiger partial charge in [-0.05, 0) is 38.7 Å². The maximum atomic E-state index is 6.00. The molecule has 106 valence electrons. The number of ether oxygens (including phenoxy) is 1. The summed E-state index contributed by atoms with van der Waals surface area (Å²) in [4.78, 5) is 9.17. The van der Waals surface area contributed by atoms with Crippen molar-refractivity contribution in [3.05, 3.63) is 23.3 Å². The molecule has 0 amide bonds. The van der Waals surface area contributed by atoms with Gasteiger partial charge in [0.15, 0.2) is 0 Å². The van der Waals surface area contributed by atoms with Crippen LogP contribution in [0.25, 0.3) is 0 Å². The molecule has 1 fully saturated rings. The predicted octanol–water partition coefficient (Wildman–Crippen LogP) is 2.18. The Morgan fingerprint density at radius 2 is 2.26 bits per heavy atom. The molecular formula is C15H25N3O. The molecule has 0 radical (unpaired) electrons. The first kappa shape index (κ1) is 14.4. The van der Waals surface area contributed by atoms with Crippen LogP contribution in [0.3, 0.4) is 0 Å². The van der Waals surface area contributed by atoms with Crippen molar-refractivity contribution >= 4 is 0 Å². The number of hydrogen-bond acceptors (Lipinski definition) is 4. The second-order valence-corrected chi connectivity index (χ2v) is 5.48. The molecule has 2 heterocycles. The molecule has 2 unspecified atom stereocenters. The van der Waals surface area contributed by atoms with Crippen molar-refractivity contribution in [2.75, 3.05) is 6.61 Å². The van der Waals surface area contributed by atoms with E-state index in [1.54, 1.807) is 0 Å². The summed E-state index contributed by atoms with van der Waals surface area (Å²) in [6.45, 7) is 5.01. The lowest BCUT2D eigenvalue weighted by molar-refractivity contribution is 0.0156. The number of nitrogens with zero attached hydrogens (tertiary/aromatic N) is 2. The summed E-state index contributed by atoms with van der Waals surface area (Å²) in [6.07, 6.45) is 6.49. The van der Waals surface area contributed by atoms with Crippen molar-refractivity contribution in [1.29, 1.82) is 0 Å². The molecule has 1 aromatic heterocycles. The van der Waals surface area contributed by atoms with Gasteiger partial charge in [0.05, 0.1) is 6.10 Å². The van der Waals surface area contributed by atoms with Gasteiger partial charge in [-0.3, -0.25) is 0 Å². The van der Waals surface area contributed by atoms with Crippen LogP contribution in [0, 0.1) is 6.92 Å². The second-order valence-electron chi connectivity index (χ2n) is 5.48. The molecule has 0 aliphatic carbocycles. The van der Waals surface area contributed by atoms with E-state index in [-0.39, 0.29) is 6.04 Å². The lowest BCUT2D eigenvalue weighted by Gasteiger charge is -2.22. The topological polar surface area (TPSA) is 61.0 Å². The minimum atomic E-state index is 0.188. The van der Waals surface area contributed by atoms with Crippen LogP contribution in [-0.4, -0.2) is 28.7 Å². The van der Waals surface area contributed by atoms with E-state index in [9.17, 15) is 0 Å². The van der Waals surface area contributed by atoms with Gasteiger partial charge in [0.2, 0.25) is 0 Å². The molecule has 1 aliphatic heterocycles. The highest BCUT2D eigenvalue weighted by atomic mass is 16.5. The van der Waals surface area contributed by atoms with Crippen molar-refractivity contribution in [3.63, 3.8) is 0 Å². The Labute approximate surface area is 115 Å². The summed E-state index contributed by atoms with van der Waals surface area (Å²) in [5, 5.41) is 0. The third-order valence-electron chi connectivity index (χ3n) is 3.63. The van der Waals surface area contributed by atoms with Crippen LogP contribution in [0.15, 0.2) is 6.07 Å². The van der Waals surface area contributed by atoms with Crippen LogP contribution < -0.4 is 5.73 Å². The zero-order chi connectivity index (χ0) is 13.7. The monoisotopic (exact) mass is 263 g/mol. The fourth-order valence-electron chi connectivity index (χ4n) is 2.48. The highest BCUT2D eigenvalue weighted by Gasteiger charge is 2.16. The van der Waals surface area contributed by atoms with Gasteiger partial charge in [-0.15, -0.1) is 0 Å². The van der Waals surface area contributed by atoms with E-state index >= 15 is 0 Å². The maximum Gasteiger partial charge on any atom is 0.131 e. The molecule has 1 saturated heterocycles. The molecule has 19 heavy (non-hydrogen) atoms. The summed E-state index contributed by atoms with van der Waals surface area (Å²) in [7, 11) is 0. The number of aryl methyl sites for hydroxylation is 1. The van der Waals surface area contributed by atoms with Gasteiger partial charge < -0.3 is 10.5 Å². The van der Waals surface area contributed by atoms with Crippen molar-refractivity contribution in [2.45, 2.75) is 64.5 Å². The lowest BCUT2D eigenvalue weighted by Crippen LogP contribution is -2.24. The van der Waals surface area contributed by atoms with Gasteiger partial charge in [0.25, 0.3) is 0 Å². The van der Waals surface area contributed by atoms with Gasteiger partial charge in [0, 0.05) is 36.9 Å². The second kappa shape index (κ2) is 6.96. The normalized spacial score (nSPS) is 21.3. The number of aromatic nitrogens is 2. The average Bonchev–Trinajstić information content (AvgIpc) is 2.39.